The highest BCUT2D eigenvalue weighted by Crippen LogP contribution is 2.36. The molecule has 0 bridgehead atoms. The average Bonchev–Trinajstić information content (AvgIpc) is 3.10. The molecular weight excluding hydrogens is 266 g/mol. The molecule has 1 N–H and O–H groups in total. The zero-order valence-corrected chi connectivity index (χ0v) is 11.0. The lowest BCUT2D eigenvalue weighted by Gasteiger charge is -2.26. The van der Waals surface area contributed by atoms with Gasteiger partial charge in [-0.2, -0.15) is 5.26 Å². The summed E-state index contributed by atoms with van der Waals surface area (Å²) in [5, 5.41) is 20.1. The van der Waals surface area contributed by atoms with Gasteiger partial charge in [-0.05, 0) is 29.8 Å². The molecule has 21 heavy (non-hydrogen) atoms. The summed E-state index contributed by atoms with van der Waals surface area (Å²) in [5.41, 5.74) is 0.0828. The van der Waals surface area contributed by atoms with Crippen molar-refractivity contribution < 1.29 is 9.52 Å². The summed E-state index contributed by atoms with van der Waals surface area (Å²) in [6.45, 7) is 0. The lowest BCUT2D eigenvalue weighted by molar-refractivity contribution is 0.0982. The topological polar surface area (TPSA) is 82.9 Å². The average molecular weight is 277 g/mol. The van der Waals surface area contributed by atoms with Crippen LogP contribution in [-0.4, -0.2) is 15.1 Å². The SMILES string of the molecule is N#Cc1ccc(C(O)(c2cncnc2)c2ccco2)cc1. The van der Waals surface area contributed by atoms with Crippen LogP contribution in [0.1, 0.15) is 22.5 Å². The van der Waals surface area contributed by atoms with Crippen molar-refractivity contribution in [3.05, 3.63) is 83.8 Å². The van der Waals surface area contributed by atoms with Gasteiger partial charge in [-0.3, -0.25) is 0 Å². The molecule has 2 heterocycles. The third-order valence-electron chi connectivity index (χ3n) is 3.29. The minimum absolute atomic E-state index is 0.363. The van der Waals surface area contributed by atoms with Crippen molar-refractivity contribution in [1.82, 2.24) is 9.97 Å². The molecule has 5 nitrogen and oxygen atoms in total. The van der Waals surface area contributed by atoms with Crippen molar-refractivity contribution in [3.8, 4) is 6.07 Å². The molecule has 0 saturated carbocycles. The number of aromatic nitrogens is 2. The van der Waals surface area contributed by atoms with E-state index < -0.39 is 5.60 Å². The van der Waals surface area contributed by atoms with Crippen molar-refractivity contribution in [1.29, 1.82) is 5.26 Å². The molecule has 5 heteroatoms. The second-order valence-electron chi connectivity index (χ2n) is 4.50. The Balaban J connectivity index is 2.19. The summed E-state index contributed by atoms with van der Waals surface area (Å²) in [6.07, 6.45) is 5.96. The quantitative estimate of drug-likeness (QED) is 0.793. The predicted octanol–water partition coefficient (Wildman–Crippen LogP) is 2.23. The first-order valence-electron chi connectivity index (χ1n) is 6.27. The minimum atomic E-state index is -1.50. The molecule has 0 saturated heterocycles. The predicted molar refractivity (Wildman–Crippen MR) is 74.0 cm³/mol. The Bertz CT molecular complexity index is 762. The van der Waals surface area contributed by atoms with Gasteiger partial charge in [-0.1, -0.05) is 12.1 Å². The Morgan fingerprint density at radius 3 is 2.33 bits per heavy atom. The fraction of sp³-hybridized carbons (Fsp3) is 0.0625. The fourth-order valence-electron chi connectivity index (χ4n) is 2.21. The summed E-state index contributed by atoms with van der Waals surface area (Å²) < 4.78 is 5.39. The van der Waals surface area contributed by atoms with Gasteiger partial charge >= 0.3 is 0 Å². The molecule has 3 aromatic rings. The maximum absolute atomic E-state index is 11.2. The number of furan rings is 1. The van der Waals surface area contributed by atoms with Gasteiger partial charge in [0.05, 0.1) is 17.9 Å². The number of aliphatic hydroxyl groups is 1. The molecule has 0 aliphatic carbocycles. The standard InChI is InChI=1S/C16H11N3O2/c17-8-12-3-5-13(6-4-12)16(20,15-2-1-7-21-15)14-9-18-11-19-10-14/h1-7,9-11,20H. The normalized spacial score (nSPS) is 13.3. The molecule has 1 unspecified atom stereocenters. The number of nitrogens with zero attached hydrogens (tertiary/aromatic N) is 3. The first kappa shape index (κ1) is 13.0. The van der Waals surface area contributed by atoms with Gasteiger partial charge in [0.2, 0.25) is 0 Å². The van der Waals surface area contributed by atoms with E-state index in [0.29, 0.717) is 22.5 Å². The monoisotopic (exact) mass is 277 g/mol. The molecule has 1 atom stereocenters. The van der Waals surface area contributed by atoms with E-state index in [9.17, 15) is 5.11 Å². The highest BCUT2D eigenvalue weighted by molar-refractivity contribution is 5.44. The molecular formula is C16H11N3O2. The van der Waals surface area contributed by atoms with Gasteiger partial charge in [0, 0.05) is 18.0 Å². The van der Waals surface area contributed by atoms with Gasteiger partial charge in [0.1, 0.15) is 12.1 Å². The van der Waals surface area contributed by atoms with Crippen LogP contribution in [0.2, 0.25) is 0 Å². The lowest BCUT2D eigenvalue weighted by atomic mass is 9.85. The number of hydrogen-bond acceptors (Lipinski definition) is 5. The van der Waals surface area contributed by atoms with Gasteiger partial charge in [-0.25, -0.2) is 9.97 Å². The van der Waals surface area contributed by atoms with Crippen LogP contribution in [0.5, 0.6) is 0 Å². The van der Waals surface area contributed by atoms with E-state index in [1.165, 1.54) is 25.0 Å². The van der Waals surface area contributed by atoms with Gasteiger partial charge < -0.3 is 9.52 Å². The Morgan fingerprint density at radius 1 is 1.05 bits per heavy atom. The smallest absolute Gasteiger partial charge is 0.176 e. The molecule has 0 amide bonds. The minimum Gasteiger partial charge on any atom is -0.466 e. The summed E-state index contributed by atoms with van der Waals surface area (Å²) in [7, 11) is 0. The van der Waals surface area contributed by atoms with Crippen LogP contribution in [-0.2, 0) is 5.60 Å². The molecule has 102 valence electrons. The lowest BCUT2D eigenvalue weighted by Crippen LogP contribution is -2.28. The number of rotatable bonds is 3. The van der Waals surface area contributed by atoms with E-state index in [4.69, 9.17) is 9.68 Å². The van der Waals surface area contributed by atoms with Crippen LogP contribution < -0.4 is 0 Å². The largest absolute Gasteiger partial charge is 0.466 e. The van der Waals surface area contributed by atoms with Crippen molar-refractivity contribution in [2.24, 2.45) is 0 Å². The first-order chi connectivity index (χ1) is 10.2. The van der Waals surface area contributed by atoms with E-state index >= 15 is 0 Å². The molecule has 0 radical (unpaired) electrons. The van der Waals surface area contributed by atoms with Crippen LogP contribution in [0.15, 0.2) is 65.8 Å². The highest BCUT2D eigenvalue weighted by Gasteiger charge is 2.37. The Hall–Kier alpha value is -2.97. The van der Waals surface area contributed by atoms with Crippen LogP contribution >= 0.6 is 0 Å². The second kappa shape index (κ2) is 5.19. The Labute approximate surface area is 121 Å². The number of hydrogen-bond donors (Lipinski definition) is 1. The summed E-state index contributed by atoms with van der Waals surface area (Å²) in [6, 6.07) is 12.1. The van der Waals surface area contributed by atoms with Crippen molar-refractivity contribution >= 4 is 0 Å². The van der Waals surface area contributed by atoms with Gasteiger partial charge in [0.25, 0.3) is 0 Å². The summed E-state index contributed by atoms with van der Waals surface area (Å²) in [4.78, 5) is 7.91. The molecule has 2 aromatic heterocycles. The molecule has 0 aliphatic heterocycles. The van der Waals surface area contributed by atoms with Crippen LogP contribution in [0.3, 0.4) is 0 Å². The van der Waals surface area contributed by atoms with E-state index in [-0.39, 0.29) is 0 Å². The Morgan fingerprint density at radius 2 is 1.76 bits per heavy atom. The zero-order chi connectivity index (χ0) is 14.7. The summed E-state index contributed by atoms with van der Waals surface area (Å²) >= 11 is 0. The van der Waals surface area contributed by atoms with Crippen molar-refractivity contribution in [2.75, 3.05) is 0 Å². The van der Waals surface area contributed by atoms with Crippen LogP contribution in [0, 0.1) is 11.3 Å². The van der Waals surface area contributed by atoms with Crippen molar-refractivity contribution in [3.63, 3.8) is 0 Å². The molecule has 0 aliphatic rings. The molecule has 1 aromatic carbocycles. The highest BCUT2D eigenvalue weighted by atomic mass is 16.4. The van der Waals surface area contributed by atoms with Crippen molar-refractivity contribution in [2.45, 2.75) is 5.60 Å². The number of nitriles is 1. The first-order valence-corrected chi connectivity index (χ1v) is 6.27. The zero-order valence-electron chi connectivity index (χ0n) is 11.0. The van der Waals surface area contributed by atoms with Gasteiger partial charge in [0.15, 0.2) is 5.60 Å². The fourth-order valence-corrected chi connectivity index (χ4v) is 2.21. The van der Waals surface area contributed by atoms with Crippen LogP contribution in [0.25, 0.3) is 0 Å². The third-order valence-corrected chi connectivity index (χ3v) is 3.29. The third kappa shape index (κ3) is 2.18. The second-order valence-corrected chi connectivity index (χ2v) is 4.50. The van der Waals surface area contributed by atoms with E-state index in [2.05, 4.69) is 16.0 Å². The van der Waals surface area contributed by atoms with Crippen LogP contribution in [0.4, 0.5) is 0 Å². The van der Waals surface area contributed by atoms with E-state index in [1.807, 2.05) is 0 Å². The number of benzene rings is 1. The molecule has 0 spiro atoms. The van der Waals surface area contributed by atoms with Gasteiger partial charge in [-0.15, -0.1) is 0 Å². The maximum atomic E-state index is 11.2. The Kier molecular flexibility index (Phi) is 3.22. The maximum Gasteiger partial charge on any atom is 0.176 e. The molecule has 0 fully saturated rings. The van der Waals surface area contributed by atoms with E-state index in [1.54, 1.807) is 36.4 Å². The van der Waals surface area contributed by atoms with E-state index in [0.717, 1.165) is 0 Å². The summed E-state index contributed by atoms with van der Waals surface area (Å²) in [5.74, 6) is 0.363. The molecule has 3 rings (SSSR count).